The van der Waals surface area contributed by atoms with E-state index >= 15 is 4.39 Å². The number of aliphatic hydroxyl groups is 1. The van der Waals surface area contributed by atoms with Gasteiger partial charge in [-0.1, -0.05) is 25.7 Å². The Morgan fingerprint density at radius 1 is 1.18 bits per heavy atom. The van der Waals surface area contributed by atoms with E-state index in [1.807, 2.05) is 4.72 Å². The van der Waals surface area contributed by atoms with Crippen LogP contribution in [-0.4, -0.2) is 61.2 Å². The minimum Gasteiger partial charge on any atom is -0.391 e. The molecule has 6 unspecified atom stereocenters. The van der Waals surface area contributed by atoms with Gasteiger partial charge in [0.05, 0.1) is 18.7 Å². The number of rotatable bonds is 5. The fourth-order valence-corrected chi connectivity index (χ4v) is 7.25. The standard InChI is InChI=1S/C19H32FN3O4S/c20-18-15-10-14(21-8-7-12-3-1-2-4-12)6-5-13(15)9-16(24)19(18)23-11-17(25)22-28(23,26)27/h12-16,18-19,21,24H,1-11H2,(H,22,25). The number of halogens is 1. The predicted octanol–water partition coefficient (Wildman–Crippen LogP) is 1.09. The van der Waals surface area contributed by atoms with E-state index in [2.05, 4.69) is 5.32 Å². The smallest absolute Gasteiger partial charge is 0.304 e. The van der Waals surface area contributed by atoms with Crippen LogP contribution in [0.5, 0.6) is 0 Å². The van der Waals surface area contributed by atoms with Crippen LogP contribution in [-0.2, 0) is 15.0 Å². The maximum Gasteiger partial charge on any atom is 0.304 e. The molecule has 0 aromatic carbocycles. The molecule has 1 aliphatic heterocycles. The highest BCUT2D eigenvalue weighted by atomic mass is 32.2. The topological polar surface area (TPSA) is 98.7 Å². The number of alkyl halides is 1. The van der Waals surface area contributed by atoms with Gasteiger partial charge >= 0.3 is 10.2 Å². The Hall–Kier alpha value is -0.770. The fraction of sp³-hybridized carbons (Fsp3) is 0.947. The summed E-state index contributed by atoms with van der Waals surface area (Å²) >= 11 is 0. The van der Waals surface area contributed by atoms with Gasteiger partial charge in [-0.3, -0.25) is 4.79 Å². The highest BCUT2D eigenvalue weighted by molar-refractivity contribution is 7.88. The van der Waals surface area contributed by atoms with Crippen molar-refractivity contribution < 1.29 is 22.7 Å². The quantitative estimate of drug-likeness (QED) is 0.622. The van der Waals surface area contributed by atoms with Crippen molar-refractivity contribution >= 4 is 16.1 Å². The SMILES string of the molecule is O=C1CN(C2C(O)CC3CCC(NCCC4CCCC4)CC3C2F)S(=O)(=O)N1. The molecule has 0 spiro atoms. The first kappa shape index (κ1) is 20.5. The maximum absolute atomic E-state index is 15.5. The Kier molecular flexibility index (Phi) is 5.98. The van der Waals surface area contributed by atoms with Gasteiger partial charge in [-0.25, -0.2) is 9.11 Å². The molecule has 4 fully saturated rings. The van der Waals surface area contributed by atoms with Crippen LogP contribution < -0.4 is 10.0 Å². The Morgan fingerprint density at radius 3 is 2.61 bits per heavy atom. The zero-order valence-electron chi connectivity index (χ0n) is 16.2. The molecule has 28 heavy (non-hydrogen) atoms. The van der Waals surface area contributed by atoms with Crippen molar-refractivity contribution in [3.8, 4) is 0 Å². The summed E-state index contributed by atoms with van der Waals surface area (Å²) in [6, 6.07) is -0.936. The maximum atomic E-state index is 15.5. The number of fused-ring (bicyclic) bond motifs is 1. The van der Waals surface area contributed by atoms with Crippen LogP contribution in [0.1, 0.15) is 57.8 Å². The van der Waals surface area contributed by atoms with Gasteiger partial charge in [0.15, 0.2) is 0 Å². The summed E-state index contributed by atoms with van der Waals surface area (Å²) in [7, 11) is -4.06. The first-order chi connectivity index (χ1) is 13.3. The monoisotopic (exact) mass is 417 g/mol. The molecule has 3 N–H and O–H groups in total. The van der Waals surface area contributed by atoms with E-state index in [9.17, 15) is 18.3 Å². The molecule has 0 radical (unpaired) electrons. The number of amides is 1. The van der Waals surface area contributed by atoms with Gasteiger partial charge < -0.3 is 10.4 Å². The third-order valence-electron chi connectivity index (χ3n) is 7.37. The number of hydrogen-bond donors (Lipinski definition) is 3. The summed E-state index contributed by atoms with van der Waals surface area (Å²) in [5, 5.41) is 14.1. The number of nitrogens with one attached hydrogen (secondary N) is 2. The Bertz CT molecular complexity index is 685. The summed E-state index contributed by atoms with van der Waals surface area (Å²) in [6.45, 7) is 0.541. The normalized spacial score (nSPS) is 41.7. The van der Waals surface area contributed by atoms with Crippen LogP contribution in [0.4, 0.5) is 4.39 Å². The lowest BCUT2D eigenvalue weighted by molar-refractivity contribution is -0.119. The first-order valence-electron chi connectivity index (χ1n) is 10.7. The molecule has 0 bridgehead atoms. The highest BCUT2D eigenvalue weighted by Crippen LogP contribution is 2.44. The van der Waals surface area contributed by atoms with Crippen molar-refractivity contribution in [2.45, 2.75) is 82.1 Å². The molecule has 7 nitrogen and oxygen atoms in total. The molecule has 9 heteroatoms. The van der Waals surface area contributed by atoms with Crippen molar-refractivity contribution in [2.75, 3.05) is 13.1 Å². The Morgan fingerprint density at radius 2 is 1.93 bits per heavy atom. The zero-order chi connectivity index (χ0) is 19.9. The molecule has 1 heterocycles. The summed E-state index contributed by atoms with van der Waals surface area (Å²) in [5.41, 5.74) is 0. The van der Waals surface area contributed by atoms with E-state index in [-0.39, 0.29) is 17.9 Å². The van der Waals surface area contributed by atoms with Crippen LogP contribution in [0.2, 0.25) is 0 Å². The molecule has 4 aliphatic rings. The number of aliphatic hydroxyl groups excluding tert-OH is 1. The molecule has 3 saturated carbocycles. The zero-order valence-corrected chi connectivity index (χ0v) is 17.0. The van der Waals surface area contributed by atoms with Crippen molar-refractivity contribution in [1.29, 1.82) is 0 Å². The molecule has 0 aromatic rings. The van der Waals surface area contributed by atoms with Crippen LogP contribution in [0, 0.1) is 17.8 Å². The number of carbonyl (C=O) groups is 1. The lowest BCUT2D eigenvalue weighted by Gasteiger charge is -2.48. The third kappa shape index (κ3) is 4.08. The Labute approximate surface area is 166 Å². The van der Waals surface area contributed by atoms with Crippen LogP contribution in [0.15, 0.2) is 0 Å². The van der Waals surface area contributed by atoms with Gasteiger partial charge in [0.25, 0.3) is 0 Å². The Balaban J connectivity index is 1.38. The number of hydrogen-bond acceptors (Lipinski definition) is 5. The molecular formula is C19H32FN3O4S. The van der Waals surface area contributed by atoms with Gasteiger partial charge in [-0.2, -0.15) is 12.7 Å². The minimum absolute atomic E-state index is 0.0723. The van der Waals surface area contributed by atoms with Crippen molar-refractivity contribution in [2.24, 2.45) is 17.8 Å². The summed E-state index contributed by atoms with van der Waals surface area (Å²) < 4.78 is 42.5. The molecule has 1 amide bonds. The molecule has 6 atom stereocenters. The second kappa shape index (κ2) is 8.16. The second-order valence-corrected chi connectivity index (χ2v) is 10.8. The predicted molar refractivity (Wildman–Crippen MR) is 102 cm³/mol. The van der Waals surface area contributed by atoms with E-state index in [1.54, 1.807) is 0 Å². The van der Waals surface area contributed by atoms with E-state index in [1.165, 1.54) is 32.1 Å². The number of nitrogens with zero attached hydrogens (tertiary/aromatic N) is 1. The minimum atomic E-state index is -4.06. The summed E-state index contributed by atoms with van der Waals surface area (Å²) in [6.07, 6.45) is 6.81. The molecule has 4 rings (SSSR count). The van der Waals surface area contributed by atoms with E-state index in [0.717, 1.165) is 29.6 Å². The molecular weight excluding hydrogens is 385 g/mol. The van der Waals surface area contributed by atoms with Crippen molar-refractivity contribution in [3.63, 3.8) is 0 Å². The summed E-state index contributed by atoms with van der Waals surface area (Å²) in [5.74, 6) is -0.0610. The second-order valence-electron chi connectivity index (χ2n) is 9.14. The highest BCUT2D eigenvalue weighted by Gasteiger charge is 2.53. The average molecular weight is 418 g/mol. The molecule has 1 saturated heterocycles. The van der Waals surface area contributed by atoms with Gasteiger partial charge in [-0.05, 0) is 56.4 Å². The van der Waals surface area contributed by atoms with Crippen LogP contribution in [0.25, 0.3) is 0 Å². The van der Waals surface area contributed by atoms with Crippen LogP contribution >= 0.6 is 0 Å². The molecule has 160 valence electrons. The largest absolute Gasteiger partial charge is 0.391 e. The van der Waals surface area contributed by atoms with Gasteiger partial charge in [0, 0.05) is 6.04 Å². The summed E-state index contributed by atoms with van der Waals surface area (Å²) in [4.78, 5) is 11.5. The van der Waals surface area contributed by atoms with Gasteiger partial charge in [-0.15, -0.1) is 0 Å². The van der Waals surface area contributed by atoms with Gasteiger partial charge in [0.1, 0.15) is 6.17 Å². The van der Waals surface area contributed by atoms with E-state index in [0.29, 0.717) is 12.8 Å². The average Bonchev–Trinajstić information content (AvgIpc) is 3.23. The van der Waals surface area contributed by atoms with Gasteiger partial charge in [0.2, 0.25) is 5.91 Å². The molecule has 3 aliphatic carbocycles. The fourth-order valence-electron chi connectivity index (χ4n) is 5.92. The number of carbonyl (C=O) groups excluding carboxylic acids is 1. The van der Waals surface area contributed by atoms with Crippen molar-refractivity contribution in [3.05, 3.63) is 0 Å². The lowest BCUT2D eigenvalue weighted by atomic mass is 9.66. The van der Waals surface area contributed by atoms with Crippen LogP contribution in [0.3, 0.4) is 0 Å². The van der Waals surface area contributed by atoms with E-state index < -0.39 is 41.0 Å². The third-order valence-corrected chi connectivity index (χ3v) is 8.84. The van der Waals surface area contributed by atoms with E-state index in [4.69, 9.17) is 0 Å². The molecule has 0 aromatic heterocycles. The van der Waals surface area contributed by atoms with Crippen molar-refractivity contribution in [1.82, 2.24) is 14.3 Å². The lowest BCUT2D eigenvalue weighted by Crippen LogP contribution is -2.59. The first-order valence-corrected chi connectivity index (χ1v) is 12.2.